The van der Waals surface area contributed by atoms with E-state index in [2.05, 4.69) is 14.3 Å². The summed E-state index contributed by atoms with van der Waals surface area (Å²) in [5.41, 5.74) is 1.15. The number of hydrogen-bond acceptors (Lipinski definition) is 7. The molecule has 0 N–H and O–H groups in total. The zero-order chi connectivity index (χ0) is 21.5. The lowest BCUT2D eigenvalue weighted by atomic mass is 9.73. The highest BCUT2D eigenvalue weighted by molar-refractivity contribution is 7.86. The highest BCUT2D eigenvalue weighted by Crippen LogP contribution is 2.43. The van der Waals surface area contributed by atoms with E-state index >= 15 is 0 Å². The first-order chi connectivity index (χ1) is 14.9. The average molecular weight is 468 g/mol. The molecular formula is C20H26FN5O3S2. The summed E-state index contributed by atoms with van der Waals surface area (Å²) < 4.78 is 51.7. The van der Waals surface area contributed by atoms with Gasteiger partial charge in [0.25, 0.3) is 10.2 Å². The molecule has 1 spiro atoms. The molecule has 0 amide bonds. The Morgan fingerprint density at radius 2 is 1.68 bits per heavy atom. The van der Waals surface area contributed by atoms with Crippen molar-refractivity contribution in [3.63, 3.8) is 0 Å². The monoisotopic (exact) mass is 467 g/mol. The number of rotatable bonds is 5. The van der Waals surface area contributed by atoms with Crippen LogP contribution in [0.4, 0.5) is 9.52 Å². The molecule has 3 fully saturated rings. The van der Waals surface area contributed by atoms with Gasteiger partial charge in [0.2, 0.25) is 5.13 Å². The first-order valence-corrected chi connectivity index (χ1v) is 12.8. The molecule has 168 valence electrons. The predicted molar refractivity (Wildman–Crippen MR) is 116 cm³/mol. The second-order valence-electron chi connectivity index (χ2n) is 8.57. The van der Waals surface area contributed by atoms with Crippen molar-refractivity contribution < 1.29 is 17.5 Å². The quantitative estimate of drug-likeness (QED) is 0.667. The number of ether oxygens (including phenoxy) is 1. The summed E-state index contributed by atoms with van der Waals surface area (Å²) >= 11 is 1.39. The van der Waals surface area contributed by atoms with Crippen LogP contribution in [-0.2, 0) is 21.4 Å². The minimum absolute atomic E-state index is 0.166. The van der Waals surface area contributed by atoms with Gasteiger partial charge in [0, 0.05) is 62.6 Å². The number of aromatic nitrogens is 2. The van der Waals surface area contributed by atoms with Crippen molar-refractivity contribution in [2.24, 2.45) is 5.41 Å². The van der Waals surface area contributed by atoms with Crippen LogP contribution in [0.5, 0.6) is 0 Å². The summed E-state index contributed by atoms with van der Waals surface area (Å²) in [6, 6.07) is 6.42. The van der Waals surface area contributed by atoms with E-state index in [1.807, 2.05) is 0 Å². The predicted octanol–water partition coefficient (Wildman–Crippen LogP) is 1.75. The van der Waals surface area contributed by atoms with Crippen molar-refractivity contribution in [3.05, 3.63) is 41.5 Å². The van der Waals surface area contributed by atoms with E-state index in [-0.39, 0.29) is 11.2 Å². The molecule has 3 saturated heterocycles. The fourth-order valence-electron chi connectivity index (χ4n) is 4.58. The number of piperidine rings is 1. The first kappa shape index (κ1) is 21.2. The van der Waals surface area contributed by atoms with Crippen molar-refractivity contribution in [2.75, 3.05) is 57.4 Å². The standard InChI is InChI=1S/C20H26FN5O3S2/c21-17-3-1-16(2-4-17)13-18-22-19(30-23-18)24-14-20(15-24)5-7-25(8-6-20)31(27,28)26-9-11-29-12-10-26/h1-4H,5-15H2. The topological polar surface area (TPSA) is 78.9 Å². The molecule has 4 heterocycles. The second kappa shape index (κ2) is 8.36. The number of nitrogens with zero attached hydrogens (tertiary/aromatic N) is 5. The van der Waals surface area contributed by atoms with Crippen LogP contribution in [0.1, 0.15) is 24.2 Å². The minimum atomic E-state index is -3.38. The third kappa shape index (κ3) is 4.34. The van der Waals surface area contributed by atoms with Crippen LogP contribution in [-0.4, -0.2) is 78.9 Å². The van der Waals surface area contributed by atoms with Gasteiger partial charge in [-0.1, -0.05) is 12.1 Å². The van der Waals surface area contributed by atoms with E-state index in [4.69, 9.17) is 4.74 Å². The highest BCUT2D eigenvalue weighted by Gasteiger charge is 2.48. The molecule has 1 aromatic heterocycles. The molecule has 0 aliphatic carbocycles. The molecule has 5 rings (SSSR count). The summed E-state index contributed by atoms with van der Waals surface area (Å²) in [5.74, 6) is 0.504. The largest absolute Gasteiger partial charge is 0.379 e. The number of hydrogen-bond donors (Lipinski definition) is 0. The first-order valence-electron chi connectivity index (χ1n) is 10.6. The summed E-state index contributed by atoms with van der Waals surface area (Å²) in [6.07, 6.45) is 2.33. The fourth-order valence-corrected chi connectivity index (χ4v) is 6.84. The highest BCUT2D eigenvalue weighted by atomic mass is 32.2. The SMILES string of the molecule is O=S(=O)(N1CCOCC1)N1CCC2(CC1)CN(c1nc(Cc3ccc(F)cc3)ns1)C2. The van der Waals surface area contributed by atoms with Gasteiger partial charge in [0.15, 0.2) is 0 Å². The van der Waals surface area contributed by atoms with Crippen LogP contribution in [0, 0.1) is 11.2 Å². The van der Waals surface area contributed by atoms with Crippen molar-refractivity contribution in [2.45, 2.75) is 19.3 Å². The Morgan fingerprint density at radius 1 is 1.03 bits per heavy atom. The molecule has 3 aliphatic heterocycles. The summed E-state index contributed by atoms with van der Waals surface area (Å²) in [7, 11) is -3.38. The van der Waals surface area contributed by atoms with Crippen molar-refractivity contribution in [3.8, 4) is 0 Å². The normalized spacial score (nSPS) is 22.5. The second-order valence-corrected chi connectivity index (χ2v) is 11.2. The molecule has 0 unspecified atom stereocenters. The van der Waals surface area contributed by atoms with Gasteiger partial charge in [-0.25, -0.2) is 9.37 Å². The van der Waals surface area contributed by atoms with E-state index in [0.29, 0.717) is 45.8 Å². The maximum absolute atomic E-state index is 13.1. The Labute approximate surface area is 186 Å². The van der Waals surface area contributed by atoms with Gasteiger partial charge in [-0.3, -0.25) is 0 Å². The number of halogens is 1. The molecule has 2 aromatic rings. The Balaban J connectivity index is 1.14. The minimum Gasteiger partial charge on any atom is -0.379 e. The van der Waals surface area contributed by atoms with Crippen LogP contribution in [0.25, 0.3) is 0 Å². The van der Waals surface area contributed by atoms with Gasteiger partial charge >= 0.3 is 0 Å². The molecule has 1 aromatic carbocycles. The van der Waals surface area contributed by atoms with Gasteiger partial charge in [0.05, 0.1) is 13.2 Å². The molecule has 31 heavy (non-hydrogen) atoms. The molecule has 8 nitrogen and oxygen atoms in total. The Kier molecular flexibility index (Phi) is 5.72. The van der Waals surface area contributed by atoms with E-state index in [1.165, 1.54) is 23.7 Å². The summed E-state index contributed by atoms with van der Waals surface area (Å²) in [6.45, 7) is 4.74. The van der Waals surface area contributed by atoms with E-state index in [0.717, 1.165) is 42.5 Å². The van der Waals surface area contributed by atoms with Crippen LogP contribution in [0.3, 0.4) is 0 Å². The van der Waals surface area contributed by atoms with E-state index in [9.17, 15) is 12.8 Å². The van der Waals surface area contributed by atoms with Crippen molar-refractivity contribution >= 4 is 26.9 Å². The van der Waals surface area contributed by atoms with Crippen molar-refractivity contribution in [1.82, 2.24) is 18.0 Å². The maximum Gasteiger partial charge on any atom is 0.282 e. The lowest BCUT2D eigenvalue weighted by Crippen LogP contribution is -2.62. The molecule has 3 aliphatic rings. The lowest BCUT2D eigenvalue weighted by Gasteiger charge is -2.53. The summed E-state index contributed by atoms with van der Waals surface area (Å²) in [5, 5.41) is 0.908. The Morgan fingerprint density at radius 3 is 2.35 bits per heavy atom. The molecule has 0 atom stereocenters. The number of morpholine rings is 1. The third-order valence-electron chi connectivity index (χ3n) is 6.46. The zero-order valence-electron chi connectivity index (χ0n) is 17.2. The fraction of sp³-hybridized carbons (Fsp3) is 0.600. The smallest absolute Gasteiger partial charge is 0.282 e. The van der Waals surface area contributed by atoms with Crippen LogP contribution in [0.15, 0.2) is 24.3 Å². The van der Waals surface area contributed by atoms with E-state index in [1.54, 1.807) is 20.7 Å². The van der Waals surface area contributed by atoms with Crippen LogP contribution in [0.2, 0.25) is 0 Å². The molecule has 11 heteroatoms. The zero-order valence-corrected chi connectivity index (χ0v) is 18.9. The summed E-state index contributed by atoms with van der Waals surface area (Å²) in [4.78, 5) is 6.89. The molecule has 0 bridgehead atoms. The molecule has 0 radical (unpaired) electrons. The number of anilines is 1. The molecule has 0 saturated carbocycles. The Hall–Kier alpha value is -1.66. The van der Waals surface area contributed by atoms with Gasteiger partial charge < -0.3 is 9.64 Å². The number of benzene rings is 1. The Bertz CT molecular complexity index is 1010. The lowest BCUT2D eigenvalue weighted by molar-refractivity contribution is 0.0655. The van der Waals surface area contributed by atoms with Crippen LogP contribution < -0.4 is 4.90 Å². The van der Waals surface area contributed by atoms with Gasteiger partial charge in [0.1, 0.15) is 11.6 Å². The van der Waals surface area contributed by atoms with E-state index < -0.39 is 10.2 Å². The average Bonchev–Trinajstić information content (AvgIpc) is 3.22. The van der Waals surface area contributed by atoms with Crippen molar-refractivity contribution in [1.29, 1.82) is 0 Å². The van der Waals surface area contributed by atoms with Gasteiger partial charge in [-0.15, -0.1) is 0 Å². The van der Waals surface area contributed by atoms with Gasteiger partial charge in [-0.05, 0) is 30.5 Å². The molecular weight excluding hydrogens is 441 g/mol. The van der Waals surface area contributed by atoms with Crippen LogP contribution >= 0.6 is 11.5 Å². The third-order valence-corrected chi connectivity index (χ3v) is 9.31. The maximum atomic E-state index is 13.1. The van der Waals surface area contributed by atoms with Gasteiger partial charge in [-0.2, -0.15) is 21.4 Å².